The molecule has 74 valence electrons. The number of piperidine rings is 1. The fraction of sp³-hybridized carbons (Fsp3) is 0.833. The lowest BCUT2D eigenvalue weighted by Gasteiger charge is -2.42. The molecule has 1 atom stereocenters. The first-order valence-electron chi connectivity index (χ1n) is 5.51. The van der Waals surface area contributed by atoms with Crippen LogP contribution in [0.2, 0.25) is 0 Å². The molecule has 1 nitrogen and oxygen atoms in total. The fourth-order valence-electron chi connectivity index (χ4n) is 3.08. The monoisotopic (exact) mass is 179 g/mol. The molecule has 1 aliphatic carbocycles. The fourth-order valence-corrected chi connectivity index (χ4v) is 3.08. The van der Waals surface area contributed by atoms with Crippen LogP contribution in [0.1, 0.15) is 33.1 Å². The minimum Gasteiger partial charge on any atom is -0.306 e. The Morgan fingerprint density at radius 1 is 1.38 bits per heavy atom. The Kier molecular flexibility index (Phi) is 2.23. The van der Waals surface area contributed by atoms with Crippen LogP contribution in [0.5, 0.6) is 0 Å². The van der Waals surface area contributed by atoms with Crippen molar-refractivity contribution >= 4 is 0 Å². The van der Waals surface area contributed by atoms with Crippen molar-refractivity contribution in [2.45, 2.75) is 33.1 Å². The quantitative estimate of drug-likeness (QED) is 0.517. The zero-order chi connectivity index (χ0) is 9.47. The highest BCUT2D eigenvalue weighted by atomic mass is 15.1. The molecule has 0 saturated carbocycles. The molecule has 13 heavy (non-hydrogen) atoms. The van der Waals surface area contributed by atoms with Gasteiger partial charge < -0.3 is 4.90 Å². The number of hydrogen-bond acceptors (Lipinski definition) is 1. The molecule has 1 fully saturated rings. The normalized spacial score (nSPS) is 33.8. The largest absolute Gasteiger partial charge is 0.306 e. The predicted octanol–water partition coefficient (Wildman–Crippen LogP) is 2.68. The molecule has 1 heteroatoms. The minimum atomic E-state index is 0.590. The maximum atomic E-state index is 2.47. The van der Waals surface area contributed by atoms with E-state index in [1.165, 1.54) is 32.4 Å². The van der Waals surface area contributed by atoms with Gasteiger partial charge in [0.1, 0.15) is 0 Å². The van der Waals surface area contributed by atoms with Crippen molar-refractivity contribution in [3.05, 3.63) is 11.6 Å². The molecule has 0 aromatic carbocycles. The van der Waals surface area contributed by atoms with Gasteiger partial charge >= 0.3 is 0 Å². The SMILES string of the molecule is CC1=CCC(C)C12CCN(C)CC2. The second-order valence-electron chi connectivity index (χ2n) is 4.98. The Morgan fingerprint density at radius 3 is 2.46 bits per heavy atom. The van der Waals surface area contributed by atoms with Gasteiger partial charge in [0.05, 0.1) is 0 Å². The minimum absolute atomic E-state index is 0.590. The van der Waals surface area contributed by atoms with Crippen molar-refractivity contribution in [1.29, 1.82) is 0 Å². The third kappa shape index (κ3) is 1.34. The lowest BCUT2D eigenvalue weighted by molar-refractivity contribution is 0.114. The molecule has 0 bridgehead atoms. The molecule has 1 spiro atoms. The average Bonchev–Trinajstić information content (AvgIpc) is 2.39. The summed E-state index contributed by atoms with van der Waals surface area (Å²) >= 11 is 0. The highest BCUT2D eigenvalue weighted by Gasteiger charge is 2.42. The Hall–Kier alpha value is -0.300. The first-order valence-corrected chi connectivity index (χ1v) is 5.51. The van der Waals surface area contributed by atoms with E-state index in [-0.39, 0.29) is 0 Å². The van der Waals surface area contributed by atoms with Gasteiger partial charge in [-0.2, -0.15) is 0 Å². The second-order valence-corrected chi connectivity index (χ2v) is 4.98. The molecular weight excluding hydrogens is 158 g/mol. The smallest absolute Gasteiger partial charge is 0.00133 e. The molecule has 0 N–H and O–H groups in total. The van der Waals surface area contributed by atoms with Gasteiger partial charge in [0.15, 0.2) is 0 Å². The highest BCUT2D eigenvalue weighted by Crippen LogP contribution is 2.50. The van der Waals surface area contributed by atoms with E-state index in [9.17, 15) is 0 Å². The van der Waals surface area contributed by atoms with Crippen LogP contribution in [-0.4, -0.2) is 25.0 Å². The van der Waals surface area contributed by atoms with Crippen LogP contribution in [0.15, 0.2) is 11.6 Å². The van der Waals surface area contributed by atoms with Crippen LogP contribution < -0.4 is 0 Å². The Morgan fingerprint density at radius 2 is 2.00 bits per heavy atom. The van der Waals surface area contributed by atoms with Gasteiger partial charge in [0.25, 0.3) is 0 Å². The van der Waals surface area contributed by atoms with E-state index >= 15 is 0 Å². The summed E-state index contributed by atoms with van der Waals surface area (Å²) < 4.78 is 0. The molecular formula is C12H21N. The van der Waals surface area contributed by atoms with Crippen molar-refractivity contribution in [3.8, 4) is 0 Å². The summed E-state index contributed by atoms with van der Waals surface area (Å²) in [6.45, 7) is 7.35. The van der Waals surface area contributed by atoms with Crippen molar-refractivity contribution in [1.82, 2.24) is 4.90 Å². The van der Waals surface area contributed by atoms with Crippen LogP contribution in [0.4, 0.5) is 0 Å². The first kappa shape index (κ1) is 9.26. The van der Waals surface area contributed by atoms with Crippen molar-refractivity contribution < 1.29 is 0 Å². The molecule has 2 aliphatic rings. The summed E-state index contributed by atoms with van der Waals surface area (Å²) in [6.07, 6.45) is 6.55. The van der Waals surface area contributed by atoms with Crippen LogP contribution in [0.3, 0.4) is 0 Å². The molecule has 1 saturated heterocycles. The molecule has 0 radical (unpaired) electrons. The lowest BCUT2D eigenvalue weighted by Crippen LogP contribution is -2.40. The lowest BCUT2D eigenvalue weighted by atomic mass is 9.68. The topological polar surface area (TPSA) is 3.24 Å². The summed E-state index contributed by atoms with van der Waals surface area (Å²) in [5, 5.41) is 0. The maximum absolute atomic E-state index is 2.47. The summed E-state index contributed by atoms with van der Waals surface area (Å²) in [7, 11) is 2.24. The van der Waals surface area contributed by atoms with Gasteiger partial charge in [0, 0.05) is 0 Å². The van der Waals surface area contributed by atoms with Crippen molar-refractivity contribution in [2.24, 2.45) is 11.3 Å². The van der Waals surface area contributed by atoms with Gasteiger partial charge in [-0.05, 0) is 57.7 Å². The summed E-state index contributed by atoms with van der Waals surface area (Å²) in [5.74, 6) is 0.890. The van der Waals surface area contributed by atoms with Crippen molar-refractivity contribution in [2.75, 3.05) is 20.1 Å². The van der Waals surface area contributed by atoms with E-state index in [2.05, 4.69) is 31.9 Å². The van der Waals surface area contributed by atoms with Crippen LogP contribution in [0.25, 0.3) is 0 Å². The third-order valence-electron chi connectivity index (χ3n) is 4.39. The summed E-state index contributed by atoms with van der Waals surface area (Å²) in [6, 6.07) is 0. The van der Waals surface area contributed by atoms with Gasteiger partial charge in [-0.25, -0.2) is 0 Å². The first-order chi connectivity index (χ1) is 6.15. The highest BCUT2D eigenvalue weighted by molar-refractivity contribution is 5.21. The molecule has 2 rings (SSSR count). The van der Waals surface area contributed by atoms with E-state index in [0.717, 1.165) is 5.92 Å². The van der Waals surface area contributed by atoms with Crippen LogP contribution in [0, 0.1) is 11.3 Å². The van der Waals surface area contributed by atoms with E-state index in [0.29, 0.717) is 5.41 Å². The number of likely N-dealkylation sites (tertiary alicyclic amines) is 1. The second kappa shape index (κ2) is 3.13. The number of allylic oxidation sites excluding steroid dienone is 2. The summed E-state index contributed by atoms with van der Waals surface area (Å²) in [4.78, 5) is 2.46. The number of rotatable bonds is 0. The molecule has 0 aromatic heterocycles. The van der Waals surface area contributed by atoms with Gasteiger partial charge in [-0.1, -0.05) is 18.6 Å². The van der Waals surface area contributed by atoms with E-state index in [4.69, 9.17) is 0 Å². The number of hydrogen-bond donors (Lipinski definition) is 0. The average molecular weight is 179 g/mol. The van der Waals surface area contributed by atoms with E-state index in [1.54, 1.807) is 5.57 Å². The molecule has 0 amide bonds. The predicted molar refractivity (Wildman–Crippen MR) is 56.7 cm³/mol. The van der Waals surface area contributed by atoms with Crippen LogP contribution >= 0.6 is 0 Å². The maximum Gasteiger partial charge on any atom is -0.00133 e. The number of nitrogens with zero attached hydrogens (tertiary/aromatic N) is 1. The standard InChI is InChI=1S/C12H21N/c1-10-4-5-11(2)12(10)6-8-13(3)9-7-12/h4,11H,5-9H2,1-3H3. The van der Waals surface area contributed by atoms with Gasteiger partial charge in [0.2, 0.25) is 0 Å². The molecule has 0 aromatic rings. The molecule has 1 unspecified atom stereocenters. The Bertz CT molecular complexity index is 221. The third-order valence-corrected chi connectivity index (χ3v) is 4.39. The van der Waals surface area contributed by atoms with Gasteiger partial charge in [-0.15, -0.1) is 0 Å². The van der Waals surface area contributed by atoms with Crippen LogP contribution in [-0.2, 0) is 0 Å². The van der Waals surface area contributed by atoms with E-state index < -0.39 is 0 Å². The van der Waals surface area contributed by atoms with Crippen molar-refractivity contribution in [3.63, 3.8) is 0 Å². The molecule has 1 heterocycles. The summed E-state index contributed by atoms with van der Waals surface area (Å²) in [5.41, 5.74) is 2.26. The van der Waals surface area contributed by atoms with E-state index in [1.807, 2.05) is 0 Å². The zero-order valence-electron chi connectivity index (χ0n) is 9.14. The Balaban J connectivity index is 2.16. The van der Waals surface area contributed by atoms with Gasteiger partial charge in [-0.3, -0.25) is 0 Å². The molecule has 1 aliphatic heterocycles. The zero-order valence-corrected chi connectivity index (χ0v) is 9.14. The Labute approximate surface area is 81.8 Å².